The van der Waals surface area contributed by atoms with E-state index in [4.69, 9.17) is 9.47 Å². The summed E-state index contributed by atoms with van der Waals surface area (Å²) in [4.78, 5) is 11.5. The highest BCUT2D eigenvalue weighted by atomic mass is 79.9. The van der Waals surface area contributed by atoms with Gasteiger partial charge < -0.3 is 9.47 Å². The lowest BCUT2D eigenvalue weighted by atomic mass is 10.1. The molecule has 0 aliphatic rings. The molecule has 0 amide bonds. The number of rotatable bonds is 5. The number of hydrogen-bond acceptors (Lipinski definition) is 3. The van der Waals surface area contributed by atoms with Crippen molar-refractivity contribution in [3.63, 3.8) is 0 Å². The third-order valence-electron chi connectivity index (χ3n) is 2.43. The first-order chi connectivity index (χ1) is 8.10. The Bertz CT molecular complexity index is 402. The molecule has 0 spiro atoms. The lowest BCUT2D eigenvalue weighted by Crippen LogP contribution is -2.05. The van der Waals surface area contributed by atoms with Crippen LogP contribution in [-0.4, -0.2) is 19.7 Å². The molecule has 1 aromatic rings. The van der Waals surface area contributed by atoms with Gasteiger partial charge in [-0.3, -0.25) is 0 Å². The Morgan fingerprint density at radius 2 is 2.12 bits per heavy atom. The fraction of sp³-hybridized carbons (Fsp3) is 0.462. The molecule has 1 aromatic carbocycles. The Hall–Kier alpha value is -1.03. The molecule has 4 heteroatoms. The van der Waals surface area contributed by atoms with Crippen LogP contribution in [0.1, 0.15) is 35.7 Å². The van der Waals surface area contributed by atoms with Crippen molar-refractivity contribution in [3.8, 4) is 5.75 Å². The van der Waals surface area contributed by atoms with Crippen LogP contribution in [0.3, 0.4) is 0 Å². The quantitative estimate of drug-likeness (QED) is 0.614. The van der Waals surface area contributed by atoms with Gasteiger partial charge in [0.15, 0.2) is 0 Å². The maximum atomic E-state index is 11.5. The van der Waals surface area contributed by atoms with Crippen molar-refractivity contribution in [1.29, 1.82) is 0 Å². The molecule has 0 heterocycles. The average molecular weight is 301 g/mol. The van der Waals surface area contributed by atoms with E-state index in [2.05, 4.69) is 22.9 Å². The normalized spacial score (nSPS) is 10.1. The van der Waals surface area contributed by atoms with Crippen molar-refractivity contribution in [2.75, 3.05) is 13.7 Å². The Morgan fingerprint density at radius 1 is 1.41 bits per heavy atom. The molecule has 0 N–H and O–H groups in total. The second-order valence-electron chi connectivity index (χ2n) is 3.79. The van der Waals surface area contributed by atoms with E-state index in [1.54, 1.807) is 6.07 Å². The van der Waals surface area contributed by atoms with Crippen LogP contribution in [0.25, 0.3) is 0 Å². The number of carbonyl (C=O) groups excluding carboxylic acids is 1. The van der Waals surface area contributed by atoms with Crippen LogP contribution in [0.4, 0.5) is 0 Å². The second kappa shape index (κ2) is 6.64. The van der Waals surface area contributed by atoms with Crippen molar-refractivity contribution >= 4 is 21.9 Å². The van der Waals surface area contributed by atoms with Crippen LogP contribution in [0.2, 0.25) is 0 Å². The predicted octanol–water partition coefficient (Wildman–Crippen LogP) is 3.72. The minimum Gasteiger partial charge on any atom is -0.493 e. The number of hydrogen-bond donors (Lipinski definition) is 0. The molecular formula is C13H17BrO3. The Balaban J connectivity index is 2.93. The largest absolute Gasteiger partial charge is 0.493 e. The summed E-state index contributed by atoms with van der Waals surface area (Å²) in [5, 5.41) is 0. The lowest BCUT2D eigenvalue weighted by molar-refractivity contribution is 0.0599. The van der Waals surface area contributed by atoms with Gasteiger partial charge in [-0.1, -0.05) is 13.3 Å². The van der Waals surface area contributed by atoms with Gasteiger partial charge in [-0.05, 0) is 47.0 Å². The third kappa shape index (κ3) is 3.73. The predicted molar refractivity (Wildman–Crippen MR) is 70.6 cm³/mol. The van der Waals surface area contributed by atoms with Gasteiger partial charge in [0.1, 0.15) is 5.75 Å². The van der Waals surface area contributed by atoms with Crippen LogP contribution in [0.5, 0.6) is 5.75 Å². The molecule has 94 valence electrons. The number of halogens is 1. The van der Waals surface area contributed by atoms with Gasteiger partial charge in [0, 0.05) is 4.47 Å². The van der Waals surface area contributed by atoms with Crippen LogP contribution in [0, 0.1) is 6.92 Å². The number of methoxy groups -OCH3 is 1. The van der Waals surface area contributed by atoms with E-state index < -0.39 is 0 Å². The van der Waals surface area contributed by atoms with Crippen LogP contribution in [-0.2, 0) is 4.74 Å². The number of aryl methyl sites for hydroxylation is 1. The van der Waals surface area contributed by atoms with E-state index in [9.17, 15) is 4.79 Å². The zero-order valence-corrected chi connectivity index (χ0v) is 12.0. The third-order valence-corrected chi connectivity index (χ3v) is 3.08. The first-order valence-corrected chi connectivity index (χ1v) is 6.40. The maximum absolute atomic E-state index is 11.5. The summed E-state index contributed by atoms with van der Waals surface area (Å²) in [6, 6.07) is 3.59. The second-order valence-corrected chi connectivity index (χ2v) is 4.65. The van der Waals surface area contributed by atoms with Crippen LogP contribution < -0.4 is 4.74 Å². The van der Waals surface area contributed by atoms with E-state index >= 15 is 0 Å². The summed E-state index contributed by atoms with van der Waals surface area (Å²) in [6.45, 7) is 4.73. The summed E-state index contributed by atoms with van der Waals surface area (Å²) in [5.41, 5.74) is 1.49. The fourth-order valence-corrected chi connectivity index (χ4v) is 2.02. The zero-order chi connectivity index (χ0) is 12.8. The number of benzene rings is 1. The Labute approximate surface area is 110 Å². The summed E-state index contributed by atoms with van der Waals surface area (Å²) in [5.74, 6) is 0.374. The molecule has 1 rings (SSSR count). The van der Waals surface area contributed by atoms with E-state index in [1.165, 1.54) is 7.11 Å². The average Bonchev–Trinajstić information content (AvgIpc) is 2.31. The summed E-state index contributed by atoms with van der Waals surface area (Å²) in [7, 11) is 1.37. The molecule has 0 aliphatic heterocycles. The number of ether oxygens (including phenoxy) is 2. The fourth-order valence-electron chi connectivity index (χ4n) is 1.40. The van der Waals surface area contributed by atoms with Crippen molar-refractivity contribution in [2.45, 2.75) is 26.7 Å². The molecule has 0 saturated heterocycles. The SMILES string of the molecule is CCCCOc1cc(C(=O)OC)c(Br)cc1C. The first kappa shape index (κ1) is 14.0. The molecule has 0 saturated carbocycles. The number of esters is 1. The van der Waals surface area contributed by atoms with Crippen LogP contribution >= 0.6 is 15.9 Å². The Kier molecular flexibility index (Phi) is 5.48. The molecule has 0 bridgehead atoms. The number of carbonyl (C=O) groups is 1. The Morgan fingerprint density at radius 3 is 2.71 bits per heavy atom. The van der Waals surface area contributed by atoms with Gasteiger partial charge in [0.2, 0.25) is 0 Å². The van der Waals surface area contributed by atoms with Gasteiger partial charge in [-0.25, -0.2) is 4.79 Å². The highest BCUT2D eigenvalue weighted by molar-refractivity contribution is 9.10. The topological polar surface area (TPSA) is 35.5 Å². The van der Waals surface area contributed by atoms with Crippen molar-refractivity contribution in [1.82, 2.24) is 0 Å². The molecule has 3 nitrogen and oxygen atoms in total. The molecule has 0 radical (unpaired) electrons. The highest BCUT2D eigenvalue weighted by Gasteiger charge is 2.13. The minimum absolute atomic E-state index is 0.364. The zero-order valence-electron chi connectivity index (χ0n) is 10.4. The summed E-state index contributed by atoms with van der Waals surface area (Å²) in [6.07, 6.45) is 2.09. The monoisotopic (exact) mass is 300 g/mol. The molecule has 0 unspecified atom stereocenters. The van der Waals surface area contributed by atoms with Gasteiger partial charge in [-0.2, -0.15) is 0 Å². The van der Waals surface area contributed by atoms with E-state index in [0.717, 1.165) is 28.6 Å². The molecule has 0 aliphatic carbocycles. The number of unbranched alkanes of at least 4 members (excludes halogenated alkanes) is 1. The molecule has 0 aromatic heterocycles. The smallest absolute Gasteiger partial charge is 0.339 e. The van der Waals surface area contributed by atoms with Crippen molar-refractivity contribution in [2.24, 2.45) is 0 Å². The van der Waals surface area contributed by atoms with Gasteiger partial charge >= 0.3 is 5.97 Å². The summed E-state index contributed by atoms with van der Waals surface area (Å²) < 4.78 is 11.1. The van der Waals surface area contributed by atoms with Gasteiger partial charge in [-0.15, -0.1) is 0 Å². The van der Waals surface area contributed by atoms with Crippen molar-refractivity contribution in [3.05, 3.63) is 27.7 Å². The standard InChI is InChI=1S/C13H17BrO3/c1-4-5-6-17-12-8-10(13(15)16-3)11(14)7-9(12)2/h7-8H,4-6H2,1-3H3. The lowest BCUT2D eigenvalue weighted by Gasteiger charge is -2.11. The molecule has 17 heavy (non-hydrogen) atoms. The van der Waals surface area contributed by atoms with E-state index in [-0.39, 0.29) is 5.97 Å². The van der Waals surface area contributed by atoms with Gasteiger partial charge in [0.05, 0.1) is 19.3 Å². The van der Waals surface area contributed by atoms with Crippen molar-refractivity contribution < 1.29 is 14.3 Å². The van der Waals surface area contributed by atoms with E-state index in [1.807, 2.05) is 13.0 Å². The first-order valence-electron chi connectivity index (χ1n) is 5.61. The molecule has 0 atom stereocenters. The van der Waals surface area contributed by atoms with E-state index in [0.29, 0.717) is 12.2 Å². The van der Waals surface area contributed by atoms with Crippen LogP contribution in [0.15, 0.2) is 16.6 Å². The minimum atomic E-state index is -0.364. The highest BCUT2D eigenvalue weighted by Crippen LogP contribution is 2.27. The summed E-state index contributed by atoms with van der Waals surface area (Å²) >= 11 is 3.35. The molecule has 0 fully saturated rings. The molecular weight excluding hydrogens is 284 g/mol. The van der Waals surface area contributed by atoms with Gasteiger partial charge in [0.25, 0.3) is 0 Å². The maximum Gasteiger partial charge on any atom is 0.339 e.